The molecular weight excluding hydrogens is 421 g/mol. The molecule has 7 heteroatoms. The van der Waals surface area contributed by atoms with Crippen molar-refractivity contribution in [3.8, 4) is 11.1 Å². The molecule has 0 atom stereocenters. The first kappa shape index (κ1) is 22.0. The first-order valence-corrected chi connectivity index (χ1v) is 11.8. The van der Waals surface area contributed by atoms with E-state index in [1.54, 1.807) is 11.0 Å². The molecule has 2 aromatic rings. The lowest BCUT2D eigenvalue weighted by molar-refractivity contribution is -0.125. The fourth-order valence-corrected chi connectivity index (χ4v) is 4.52. The molecule has 3 fully saturated rings. The van der Waals surface area contributed by atoms with E-state index in [-0.39, 0.29) is 24.3 Å². The molecule has 2 heterocycles. The molecule has 3 aliphatic rings. The Kier molecular flexibility index (Phi) is 6.42. The third-order valence-electron chi connectivity index (χ3n) is 6.78. The van der Waals surface area contributed by atoms with Gasteiger partial charge in [0.25, 0.3) is 0 Å². The van der Waals surface area contributed by atoms with Gasteiger partial charge in [-0.3, -0.25) is 9.69 Å². The van der Waals surface area contributed by atoms with Crippen LogP contribution >= 0.6 is 0 Å². The maximum atomic E-state index is 14.4. The number of rotatable bonds is 8. The van der Waals surface area contributed by atoms with Crippen LogP contribution in [0.15, 0.2) is 42.5 Å². The SMILES string of the molecule is O=C1CN(Cc2ccc(-c3ccc(F)c(CNC4CCOCC4)c3)cc2)C(=O)N1CC1CC1. The molecule has 33 heavy (non-hydrogen) atoms. The Morgan fingerprint density at radius 1 is 0.970 bits per heavy atom. The van der Waals surface area contributed by atoms with Gasteiger partial charge in [-0.15, -0.1) is 0 Å². The second-order valence-corrected chi connectivity index (χ2v) is 9.36. The Labute approximate surface area is 193 Å². The van der Waals surface area contributed by atoms with Gasteiger partial charge in [-0.25, -0.2) is 9.18 Å². The minimum Gasteiger partial charge on any atom is -0.381 e. The molecular formula is C26H30FN3O3. The number of benzene rings is 2. The second-order valence-electron chi connectivity index (χ2n) is 9.36. The standard InChI is InChI=1S/C26H30FN3O3/c27-24-8-7-21(13-22(24)14-28-23-9-11-33-12-10-23)20-5-3-18(4-6-20)15-29-17-25(31)30(26(29)32)16-19-1-2-19/h3-8,13,19,23,28H,1-2,9-12,14-17H2. The van der Waals surface area contributed by atoms with E-state index in [1.807, 2.05) is 30.3 Å². The van der Waals surface area contributed by atoms with Gasteiger partial charge in [0.15, 0.2) is 0 Å². The Bertz CT molecular complexity index is 1020. The third kappa shape index (κ3) is 5.25. The molecule has 0 radical (unpaired) electrons. The summed E-state index contributed by atoms with van der Waals surface area (Å²) in [6.45, 7) is 3.11. The lowest BCUT2D eigenvalue weighted by Gasteiger charge is -2.23. The van der Waals surface area contributed by atoms with Crippen LogP contribution < -0.4 is 5.32 Å². The van der Waals surface area contributed by atoms with Crippen molar-refractivity contribution in [1.29, 1.82) is 0 Å². The van der Waals surface area contributed by atoms with Gasteiger partial charge < -0.3 is 15.0 Å². The quantitative estimate of drug-likeness (QED) is 0.618. The molecule has 3 amide bonds. The molecule has 1 N–H and O–H groups in total. The zero-order valence-corrected chi connectivity index (χ0v) is 18.8. The van der Waals surface area contributed by atoms with Gasteiger partial charge in [-0.2, -0.15) is 0 Å². The number of carbonyl (C=O) groups is 2. The molecule has 1 saturated carbocycles. The van der Waals surface area contributed by atoms with Gasteiger partial charge >= 0.3 is 6.03 Å². The fourth-order valence-electron chi connectivity index (χ4n) is 4.52. The number of halogens is 1. The normalized spacial score (nSPS) is 19.5. The van der Waals surface area contributed by atoms with Crippen molar-refractivity contribution in [2.24, 2.45) is 5.92 Å². The number of carbonyl (C=O) groups excluding carboxylic acids is 2. The number of nitrogens with one attached hydrogen (secondary N) is 1. The highest BCUT2D eigenvalue weighted by molar-refractivity contribution is 6.02. The Balaban J connectivity index is 1.22. The lowest BCUT2D eigenvalue weighted by Crippen LogP contribution is -2.34. The molecule has 0 unspecified atom stereocenters. The molecule has 0 bridgehead atoms. The maximum absolute atomic E-state index is 14.4. The summed E-state index contributed by atoms with van der Waals surface area (Å²) in [5.74, 6) is 0.184. The van der Waals surface area contributed by atoms with E-state index in [4.69, 9.17) is 4.74 Å². The average molecular weight is 452 g/mol. The van der Waals surface area contributed by atoms with Crippen molar-refractivity contribution in [3.05, 3.63) is 59.4 Å². The van der Waals surface area contributed by atoms with Gasteiger partial charge in [0, 0.05) is 44.5 Å². The van der Waals surface area contributed by atoms with Crippen LogP contribution in [0.2, 0.25) is 0 Å². The Morgan fingerprint density at radius 2 is 1.70 bits per heavy atom. The average Bonchev–Trinajstić information content (AvgIpc) is 3.62. The summed E-state index contributed by atoms with van der Waals surface area (Å²) < 4.78 is 19.8. The number of ether oxygens (including phenoxy) is 1. The molecule has 0 aromatic heterocycles. The molecule has 1 aliphatic carbocycles. The van der Waals surface area contributed by atoms with Crippen LogP contribution in [0, 0.1) is 11.7 Å². The van der Waals surface area contributed by atoms with Gasteiger partial charge in [-0.1, -0.05) is 30.3 Å². The minimum absolute atomic E-state index is 0.100. The second kappa shape index (κ2) is 9.61. The molecule has 174 valence electrons. The highest BCUT2D eigenvalue weighted by Gasteiger charge is 2.39. The van der Waals surface area contributed by atoms with Gasteiger partial charge in [0.1, 0.15) is 12.4 Å². The number of nitrogens with zero attached hydrogens (tertiary/aromatic N) is 2. The van der Waals surface area contributed by atoms with Crippen LogP contribution in [0.25, 0.3) is 11.1 Å². The molecule has 5 rings (SSSR count). The topological polar surface area (TPSA) is 61.9 Å². The molecule has 6 nitrogen and oxygen atoms in total. The summed E-state index contributed by atoms with van der Waals surface area (Å²) in [6.07, 6.45) is 4.11. The summed E-state index contributed by atoms with van der Waals surface area (Å²) in [5.41, 5.74) is 3.57. The summed E-state index contributed by atoms with van der Waals surface area (Å²) in [4.78, 5) is 27.8. The fraction of sp³-hybridized carbons (Fsp3) is 0.462. The number of imide groups is 1. The van der Waals surface area contributed by atoms with Crippen molar-refractivity contribution in [3.63, 3.8) is 0 Å². The number of hydrogen-bond acceptors (Lipinski definition) is 4. The monoisotopic (exact) mass is 451 g/mol. The molecule has 2 aliphatic heterocycles. The van der Waals surface area contributed by atoms with Crippen LogP contribution in [0.4, 0.5) is 9.18 Å². The Morgan fingerprint density at radius 3 is 2.42 bits per heavy atom. The first-order chi connectivity index (χ1) is 16.1. The van der Waals surface area contributed by atoms with E-state index >= 15 is 0 Å². The van der Waals surface area contributed by atoms with Crippen molar-refractivity contribution < 1.29 is 18.7 Å². The number of urea groups is 1. The Hall–Kier alpha value is -2.77. The maximum Gasteiger partial charge on any atom is 0.327 e. The summed E-state index contributed by atoms with van der Waals surface area (Å²) in [7, 11) is 0. The van der Waals surface area contributed by atoms with Crippen LogP contribution in [0.3, 0.4) is 0 Å². The minimum atomic E-state index is -0.206. The lowest BCUT2D eigenvalue weighted by atomic mass is 10.0. The van der Waals surface area contributed by atoms with E-state index < -0.39 is 0 Å². The van der Waals surface area contributed by atoms with Crippen LogP contribution in [0.1, 0.15) is 36.8 Å². The summed E-state index contributed by atoms with van der Waals surface area (Å²) >= 11 is 0. The first-order valence-electron chi connectivity index (χ1n) is 11.8. The van der Waals surface area contributed by atoms with Crippen LogP contribution in [-0.2, 0) is 22.6 Å². The third-order valence-corrected chi connectivity index (χ3v) is 6.78. The van der Waals surface area contributed by atoms with Gasteiger partial charge in [0.2, 0.25) is 5.91 Å². The number of amides is 3. The largest absolute Gasteiger partial charge is 0.381 e. The van der Waals surface area contributed by atoms with Crippen molar-refractivity contribution in [1.82, 2.24) is 15.1 Å². The van der Waals surface area contributed by atoms with Crippen LogP contribution in [0.5, 0.6) is 0 Å². The summed E-state index contributed by atoms with van der Waals surface area (Å²) in [6, 6.07) is 13.3. The smallest absolute Gasteiger partial charge is 0.327 e. The van der Waals surface area contributed by atoms with Crippen molar-refractivity contribution in [2.45, 2.75) is 44.8 Å². The van der Waals surface area contributed by atoms with E-state index in [9.17, 15) is 14.0 Å². The van der Waals surface area contributed by atoms with E-state index in [0.717, 1.165) is 55.6 Å². The molecule has 2 saturated heterocycles. The molecule has 0 spiro atoms. The van der Waals surface area contributed by atoms with Gasteiger partial charge in [-0.05, 0) is 60.4 Å². The van der Waals surface area contributed by atoms with E-state index in [1.165, 1.54) is 11.0 Å². The highest BCUT2D eigenvalue weighted by Crippen LogP contribution is 2.31. The zero-order valence-electron chi connectivity index (χ0n) is 18.8. The van der Waals surface area contributed by atoms with Crippen molar-refractivity contribution in [2.75, 3.05) is 26.3 Å². The molecule has 2 aromatic carbocycles. The predicted octanol–water partition coefficient (Wildman–Crippen LogP) is 3.94. The van der Waals surface area contributed by atoms with E-state index in [0.29, 0.717) is 37.2 Å². The van der Waals surface area contributed by atoms with Crippen LogP contribution in [-0.4, -0.2) is 54.1 Å². The zero-order chi connectivity index (χ0) is 22.8. The summed E-state index contributed by atoms with van der Waals surface area (Å²) in [5, 5.41) is 3.44. The number of hydrogen-bond donors (Lipinski definition) is 1. The van der Waals surface area contributed by atoms with E-state index in [2.05, 4.69) is 5.32 Å². The predicted molar refractivity (Wildman–Crippen MR) is 123 cm³/mol. The van der Waals surface area contributed by atoms with Crippen molar-refractivity contribution >= 4 is 11.9 Å². The van der Waals surface area contributed by atoms with Gasteiger partial charge in [0.05, 0.1) is 0 Å². The highest BCUT2D eigenvalue weighted by atomic mass is 19.1.